The van der Waals surface area contributed by atoms with Gasteiger partial charge in [-0.05, 0) is 25.1 Å². The summed E-state index contributed by atoms with van der Waals surface area (Å²) in [5.74, 6) is -1.13. The first-order valence-corrected chi connectivity index (χ1v) is 6.51. The van der Waals surface area contributed by atoms with Crippen molar-refractivity contribution in [3.63, 3.8) is 0 Å². The predicted octanol–water partition coefficient (Wildman–Crippen LogP) is 2.64. The highest BCUT2D eigenvalue weighted by atomic mass is 16.6. The van der Waals surface area contributed by atoms with Gasteiger partial charge < -0.3 is 13.9 Å². The van der Waals surface area contributed by atoms with Crippen LogP contribution < -0.4 is 0 Å². The van der Waals surface area contributed by atoms with Gasteiger partial charge in [-0.25, -0.2) is 9.59 Å². The van der Waals surface area contributed by atoms with E-state index in [1.165, 1.54) is 31.4 Å². The van der Waals surface area contributed by atoms with E-state index in [4.69, 9.17) is 9.15 Å². The molecule has 1 aromatic heterocycles. The number of aryl methyl sites for hydroxylation is 1. The monoisotopic (exact) mass is 319 g/mol. The molecule has 8 heteroatoms. The fraction of sp³-hybridized carbons (Fsp3) is 0.200. The molecule has 0 aliphatic carbocycles. The zero-order valence-electron chi connectivity index (χ0n) is 12.4. The van der Waals surface area contributed by atoms with Gasteiger partial charge in [-0.3, -0.25) is 10.1 Å². The summed E-state index contributed by atoms with van der Waals surface area (Å²) in [7, 11) is 1.22. The highest BCUT2D eigenvalue weighted by Gasteiger charge is 2.17. The van der Waals surface area contributed by atoms with E-state index in [1.807, 2.05) is 0 Å². The van der Waals surface area contributed by atoms with E-state index >= 15 is 0 Å². The fourth-order valence-electron chi connectivity index (χ4n) is 1.82. The van der Waals surface area contributed by atoms with E-state index in [1.54, 1.807) is 6.92 Å². The molecule has 0 bridgehead atoms. The molecule has 0 radical (unpaired) electrons. The minimum atomic E-state index is -0.732. The van der Waals surface area contributed by atoms with Crippen molar-refractivity contribution in [3.05, 3.63) is 63.1 Å². The topological polar surface area (TPSA) is 109 Å². The number of nitro benzene ring substituents is 1. The molecule has 0 saturated carbocycles. The zero-order chi connectivity index (χ0) is 17.0. The molecule has 0 fully saturated rings. The molecule has 0 aliphatic heterocycles. The minimum Gasteiger partial charge on any atom is -0.463 e. The first kappa shape index (κ1) is 16.2. The van der Waals surface area contributed by atoms with Gasteiger partial charge in [0.25, 0.3) is 5.69 Å². The lowest BCUT2D eigenvalue weighted by molar-refractivity contribution is -0.385. The number of ether oxygens (including phenoxy) is 2. The van der Waals surface area contributed by atoms with Crippen LogP contribution in [0.5, 0.6) is 0 Å². The summed E-state index contributed by atoms with van der Waals surface area (Å²) in [6.45, 7) is 1.36. The zero-order valence-corrected chi connectivity index (χ0v) is 12.4. The summed E-state index contributed by atoms with van der Waals surface area (Å²) in [6.07, 6.45) is 0. The van der Waals surface area contributed by atoms with Gasteiger partial charge in [-0.2, -0.15) is 0 Å². The molecule has 1 heterocycles. The third kappa shape index (κ3) is 3.73. The summed E-state index contributed by atoms with van der Waals surface area (Å²) >= 11 is 0. The van der Waals surface area contributed by atoms with Crippen LogP contribution in [0.3, 0.4) is 0 Å². The van der Waals surface area contributed by atoms with Crippen molar-refractivity contribution in [2.24, 2.45) is 0 Å². The Hall–Kier alpha value is -3.16. The molecular formula is C15H13NO7. The van der Waals surface area contributed by atoms with Crippen molar-refractivity contribution in [3.8, 4) is 0 Å². The van der Waals surface area contributed by atoms with Crippen LogP contribution >= 0.6 is 0 Å². The van der Waals surface area contributed by atoms with Crippen molar-refractivity contribution in [2.45, 2.75) is 13.5 Å². The fourth-order valence-corrected chi connectivity index (χ4v) is 1.82. The van der Waals surface area contributed by atoms with Crippen molar-refractivity contribution in [1.29, 1.82) is 0 Å². The SMILES string of the molecule is COC(=O)c1ccc(COC(=O)c2ccc(C)c([N+](=O)[O-])c2)o1. The molecule has 2 aromatic rings. The molecule has 1 aromatic carbocycles. The first-order chi connectivity index (χ1) is 10.9. The molecule has 2 rings (SSSR count). The molecule has 23 heavy (non-hydrogen) atoms. The summed E-state index contributed by atoms with van der Waals surface area (Å²) in [5.41, 5.74) is 0.341. The van der Waals surface area contributed by atoms with Crippen LogP contribution in [0.2, 0.25) is 0 Å². The molecule has 0 spiro atoms. The largest absolute Gasteiger partial charge is 0.463 e. The maximum Gasteiger partial charge on any atom is 0.373 e. The molecule has 8 nitrogen and oxygen atoms in total. The van der Waals surface area contributed by atoms with Gasteiger partial charge in [0.15, 0.2) is 0 Å². The van der Waals surface area contributed by atoms with Crippen LogP contribution in [0, 0.1) is 17.0 Å². The second kappa shape index (κ2) is 6.73. The van der Waals surface area contributed by atoms with E-state index in [0.29, 0.717) is 5.56 Å². The van der Waals surface area contributed by atoms with Gasteiger partial charge in [0.2, 0.25) is 5.76 Å². The highest BCUT2D eigenvalue weighted by Crippen LogP contribution is 2.20. The lowest BCUT2D eigenvalue weighted by Crippen LogP contribution is -2.06. The summed E-state index contributed by atoms with van der Waals surface area (Å²) in [5, 5.41) is 10.9. The Morgan fingerprint density at radius 1 is 1.22 bits per heavy atom. The molecular weight excluding hydrogens is 306 g/mol. The lowest BCUT2D eigenvalue weighted by atomic mass is 10.1. The molecule has 0 saturated heterocycles. The molecule has 120 valence electrons. The Kier molecular flexibility index (Phi) is 4.75. The molecule has 0 aliphatic rings. The maximum absolute atomic E-state index is 11.9. The van der Waals surface area contributed by atoms with E-state index in [-0.39, 0.29) is 29.4 Å². The van der Waals surface area contributed by atoms with Crippen molar-refractivity contribution in [2.75, 3.05) is 7.11 Å². The summed E-state index contributed by atoms with van der Waals surface area (Å²) in [6, 6.07) is 6.92. The standard InChI is InChI=1S/C15H13NO7/c1-9-3-4-10(7-12(9)16(19)20)14(17)22-8-11-5-6-13(23-11)15(18)21-2/h3-7H,8H2,1-2H3. The first-order valence-electron chi connectivity index (χ1n) is 6.51. The van der Waals surface area contributed by atoms with Crippen LogP contribution in [0.1, 0.15) is 32.2 Å². The van der Waals surface area contributed by atoms with E-state index in [9.17, 15) is 19.7 Å². The lowest BCUT2D eigenvalue weighted by Gasteiger charge is -2.04. The third-order valence-corrected chi connectivity index (χ3v) is 3.04. The van der Waals surface area contributed by atoms with Gasteiger partial charge in [0.1, 0.15) is 12.4 Å². The predicted molar refractivity (Wildman–Crippen MR) is 77.0 cm³/mol. The van der Waals surface area contributed by atoms with E-state index < -0.39 is 16.9 Å². The van der Waals surface area contributed by atoms with Crippen LogP contribution in [-0.4, -0.2) is 24.0 Å². The number of rotatable bonds is 5. The number of carbonyl (C=O) groups is 2. The number of furan rings is 1. The smallest absolute Gasteiger partial charge is 0.373 e. The number of hydrogen-bond acceptors (Lipinski definition) is 7. The van der Waals surface area contributed by atoms with Gasteiger partial charge in [0.05, 0.1) is 17.6 Å². The number of methoxy groups -OCH3 is 1. The average molecular weight is 319 g/mol. The van der Waals surface area contributed by atoms with Crippen LogP contribution in [0.25, 0.3) is 0 Å². The van der Waals surface area contributed by atoms with E-state index in [0.717, 1.165) is 6.07 Å². The second-order valence-corrected chi connectivity index (χ2v) is 4.59. The number of nitrogens with zero attached hydrogens (tertiary/aromatic N) is 1. The summed E-state index contributed by atoms with van der Waals surface area (Å²) < 4.78 is 14.6. The van der Waals surface area contributed by atoms with Crippen LogP contribution in [0.15, 0.2) is 34.7 Å². The van der Waals surface area contributed by atoms with Gasteiger partial charge in [-0.15, -0.1) is 0 Å². The van der Waals surface area contributed by atoms with Gasteiger partial charge in [0, 0.05) is 11.6 Å². The number of benzene rings is 1. The van der Waals surface area contributed by atoms with Crippen LogP contribution in [0.4, 0.5) is 5.69 Å². The quantitative estimate of drug-likeness (QED) is 0.473. The summed E-state index contributed by atoms with van der Waals surface area (Å²) in [4.78, 5) is 33.5. The van der Waals surface area contributed by atoms with Crippen molar-refractivity contribution >= 4 is 17.6 Å². The second-order valence-electron chi connectivity index (χ2n) is 4.59. The number of nitro groups is 1. The van der Waals surface area contributed by atoms with E-state index in [2.05, 4.69) is 4.74 Å². The maximum atomic E-state index is 11.9. The Morgan fingerprint density at radius 2 is 1.96 bits per heavy atom. The Bertz CT molecular complexity index is 763. The average Bonchev–Trinajstić information content (AvgIpc) is 3.01. The number of hydrogen-bond donors (Lipinski definition) is 0. The molecule has 0 atom stereocenters. The van der Waals surface area contributed by atoms with Gasteiger partial charge >= 0.3 is 11.9 Å². The minimum absolute atomic E-state index is 0.00970. The van der Waals surface area contributed by atoms with Crippen molar-refractivity contribution < 1.29 is 28.4 Å². The normalized spacial score (nSPS) is 10.2. The highest BCUT2D eigenvalue weighted by molar-refractivity contribution is 5.90. The number of esters is 2. The van der Waals surface area contributed by atoms with Crippen LogP contribution in [-0.2, 0) is 16.1 Å². The number of carbonyl (C=O) groups excluding carboxylic acids is 2. The molecule has 0 amide bonds. The Labute approximate surface area is 130 Å². The molecule has 0 unspecified atom stereocenters. The molecule has 0 N–H and O–H groups in total. The Morgan fingerprint density at radius 3 is 2.61 bits per heavy atom. The Balaban J connectivity index is 2.05. The van der Waals surface area contributed by atoms with Gasteiger partial charge in [-0.1, -0.05) is 6.07 Å². The third-order valence-electron chi connectivity index (χ3n) is 3.04. The van der Waals surface area contributed by atoms with Crippen molar-refractivity contribution in [1.82, 2.24) is 0 Å².